The number of hydrogen-bond acceptors (Lipinski definition) is 5. The molecular formula is C22H30IN3O2SSi. The summed E-state index contributed by atoms with van der Waals surface area (Å²) < 4.78 is 7.60. The smallest absolute Gasteiger partial charge is 0.236 e. The summed E-state index contributed by atoms with van der Waals surface area (Å²) in [6.45, 7) is 13.2. The first kappa shape index (κ1) is 23.8. The molecule has 162 valence electrons. The molecule has 0 spiro atoms. The lowest BCUT2D eigenvalue weighted by molar-refractivity contribution is -0.154. The lowest BCUT2D eigenvalue weighted by atomic mass is 9.81. The average Bonchev–Trinajstić information content (AvgIpc) is 2.66. The van der Waals surface area contributed by atoms with Crippen molar-refractivity contribution in [3.8, 4) is 6.07 Å². The highest BCUT2D eigenvalue weighted by molar-refractivity contribution is 14.1. The van der Waals surface area contributed by atoms with E-state index in [2.05, 4.69) is 69.4 Å². The Morgan fingerprint density at radius 1 is 1.37 bits per heavy atom. The molecule has 1 amide bonds. The van der Waals surface area contributed by atoms with Crippen molar-refractivity contribution >= 4 is 59.4 Å². The van der Waals surface area contributed by atoms with Gasteiger partial charge in [-0.3, -0.25) is 9.69 Å². The lowest BCUT2D eigenvalue weighted by Gasteiger charge is -2.54. The molecule has 1 aromatic carbocycles. The van der Waals surface area contributed by atoms with Gasteiger partial charge in [0.25, 0.3) is 0 Å². The molecule has 0 bridgehead atoms. The molecule has 4 atom stereocenters. The molecule has 5 nitrogen and oxygen atoms in total. The van der Waals surface area contributed by atoms with E-state index < -0.39 is 8.32 Å². The lowest BCUT2D eigenvalue weighted by Crippen LogP contribution is -2.69. The molecule has 3 rings (SSSR count). The van der Waals surface area contributed by atoms with E-state index in [4.69, 9.17) is 14.7 Å². The van der Waals surface area contributed by atoms with Gasteiger partial charge in [-0.05, 0) is 55.7 Å². The molecule has 2 aliphatic rings. The third kappa shape index (κ3) is 4.64. The number of carbonyl (C=O) groups is 1. The fourth-order valence-corrected chi connectivity index (χ4v) is 7.18. The third-order valence-corrected chi connectivity index (χ3v) is 13.9. The fourth-order valence-electron chi connectivity index (χ4n) is 3.70. The molecule has 2 heterocycles. The van der Waals surface area contributed by atoms with Crippen molar-refractivity contribution in [2.45, 2.75) is 69.6 Å². The molecule has 30 heavy (non-hydrogen) atoms. The van der Waals surface area contributed by atoms with Crippen molar-refractivity contribution in [1.29, 1.82) is 5.26 Å². The van der Waals surface area contributed by atoms with Crippen molar-refractivity contribution in [3.63, 3.8) is 0 Å². The van der Waals surface area contributed by atoms with E-state index in [0.29, 0.717) is 10.8 Å². The Kier molecular flexibility index (Phi) is 7.07. The van der Waals surface area contributed by atoms with Gasteiger partial charge in [-0.1, -0.05) is 55.1 Å². The van der Waals surface area contributed by atoms with E-state index in [1.807, 2.05) is 17.0 Å². The van der Waals surface area contributed by atoms with Crippen LogP contribution in [0.3, 0.4) is 0 Å². The highest BCUT2D eigenvalue weighted by Gasteiger charge is 2.56. The quantitative estimate of drug-likeness (QED) is 0.202. The van der Waals surface area contributed by atoms with Crippen LogP contribution >= 0.6 is 34.4 Å². The Morgan fingerprint density at radius 2 is 2.00 bits per heavy atom. The van der Waals surface area contributed by atoms with E-state index in [9.17, 15) is 4.79 Å². The van der Waals surface area contributed by atoms with Gasteiger partial charge in [0.05, 0.1) is 35.4 Å². The van der Waals surface area contributed by atoms with Crippen molar-refractivity contribution in [2.24, 2.45) is 10.9 Å². The summed E-state index contributed by atoms with van der Waals surface area (Å²) >= 11 is 4.11. The monoisotopic (exact) mass is 555 g/mol. The van der Waals surface area contributed by atoms with Crippen LogP contribution in [0.4, 0.5) is 5.69 Å². The van der Waals surface area contributed by atoms with Gasteiger partial charge in [0.1, 0.15) is 0 Å². The van der Waals surface area contributed by atoms with Crippen LogP contribution < -0.4 is 0 Å². The van der Waals surface area contributed by atoms with E-state index in [1.165, 1.54) is 0 Å². The minimum absolute atomic E-state index is 0.0891. The number of aliphatic imine (C=N–C) groups is 1. The number of carbonyl (C=O) groups excluding carboxylic acids is 1. The summed E-state index contributed by atoms with van der Waals surface area (Å²) in [4.78, 5) is 19.8. The summed E-state index contributed by atoms with van der Waals surface area (Å²) in [5.74, 6) is 0.0228. The number of nitriles is 1. The van der Waals surface area contributed by atoms with Crippen molar-refractivity contribution in [2.75, 3.05) is 4.43 Å². The number of nitrogens with zero attached hydrogens (tertiary/aromatic N) is 3. The molecule has 0 unspecified atom stereocenters. The molecular weight excluding hydrogens is 525 g/mol. The summed E-state index contributed by atoms with van der Waals surface area (Å²) in [7, 11) is -1.95. The van der Waals surface area contributed by atoms with Gasteiger partial charge in [-0.25, -0.2) is 4.99 Å². The number of halogens is 1. The fraction of sp³-hybridized carbons (Fsp3) is 0.591. The Balaban J connectivity index is 1.82. The Bertz CT molecular complexity index is 876. The minimum Gasteiger partial charge on any atom is -0.413 e. The van der Waals surface area contributed by atoms with Crippen LogP contribution in [-0.2, 0) is 9.22 Å². The van der Waals surface area contributed by atoms with Crippen molar-refractivity contribution in [3.05, 3.63) is 29.8 Å². The molecule has 2 fully saturated rings. The third-order valence-electron chi connectivity index (χ3n) is 6.44. The largest absolute Gasteiger partial charge is 0.413 e. The molecule has 8 heteroatoms. The first-order valence-electron chi connectivity index (χ1n) is 10.3. The number of alkyl halides is 1. The molecule has 0 N–H and O–H groups in total. The normalized spacial score (nSPS) is 26.7. The first-order valence-corrected chi connectivity index (χ1v) is 15.6. The zero-order valence-electron chi connectivity index (χ0n) is 18.5. The molecule has 0 aliphatic carbocycles. The van der Waals surface area contributed by atoms with Crippen molar-refractivity contribution in [1.82, 2.24) is 4.90 Å². The standard InChI is InChI=1S/C22H30IN3O2SSi/c1-14(28-30(5,6)22(2,3)4)19-18-11-17(12-23)29-21(26(18)20(19)27)25-16-9-7-15(13-24)8-10-16/h7-10,14,17-19H,11-12H2,1-6H3/t14-,17+,18-,19-/m1/s1. The summed E-state index contributed by atoms with van der Waals surface area (Å²) in [6, 6.07) is 9.46. The maximum Gasteiger partial charge on any atom is 0.236 e. The van der Waals surface area contributed by atoms with Gasteiger partial charge < -0.3 is 4.43 Å². The van der Waals surface area contributed by atoms with Gasteiger partial charge in [-0.2, -0.15) is 5.26 Å². The summed E-state index contributed by atoms with van der Waals surface area (Å²) in [5.41, 5.74) is 1.38. The predicted octanol–water partition coefficient (Wildman–Crippen LogP) is 5.72. The maximum atomic E-state index is 13.2. The second-order valence-electron chi connectivity index (χ2n) is 9.57. The Morgan fingerprint density at radius 3 is 2.53 bits per heavy atom. The molecule has 0 radical (unpaired) electrons. The maximum absolute atomic E-state index is 13.2. The van der Waals surface area contributed by atoms with Gasteiger partial charge in [0.15, 0.2) is 13.5 Å². The number of fused-ring (bicyclic) bond motifs is 1. The van der Waals surface area contributed by atoms with Crippen LogP contribution in [0, 0.1) is 17.2 Å². The van der Waals surface area contributed by atoms with Gasteiger partial charge in [0, 0.05) is 9.68 Å². The number of benzene rings is 1. The second-order valence-corrected chi connectivity index (χ2v) is 16.5. The number of thioether (sulfide) groups is 1. The van der Waals surface area contributed by atoms with Gasteiger partial charge >= 0.3 is 0 Å². The number of β-lactam (4-membered cyclic amide) rings is 1. The van der Waals surface area contributed by atoms with Crippen LogP contribution in [0.1, 0.15) is 39.7 Å². The molecule has 0 saturated carbocycles. The zero-order chi connectivity index (χ0) is 22.3. The van der Waals surface area contributed by atoms with E-state index >= 15 is 0 Å². The van der Waals surface area contributed by atoms with Crippen LogP contribution in [0.25, 0.3) is 0 Å². The Labute approximate surface area is 198 Å². The van der Waals surface area contributed by atoms with Crippen LogP contribution in [-0.4, -0.2) is 46.1 Å². The summed E-state index contributed by atoms with van der Waals surface area (Å²) in [5, 5.41) is 10.3. The highest BCUT2D eigenvalue weighted by Crippen LogP contribution is 2.46. The van der Waals surface area contributed by atoms with Crippen LogP contribution in [0.2, 0.25) is 18.1 Å². The molecule has 2 saturated heterocycles. The van der Waals surface area contributed by atoms with E-state index in [-0.39, 0.29) is 29.0 Å². The number of amides is 1. The molecule has 0 aromatic heterocycles. The number of rotatable bonds is 5. The molecule has 2 aliphatic heterocycles. The molecule has 1 aromatic rings. The van der Waals surface area contributed by atoms with Crippen molar-refractivity contribution < 1.29 is 9.22 Å². The SMILES string of the molecule is C[C@@H](O[Si](C)(C)C(C)(C)C)[C@H]1C(=O)N2C(=Nc3ccc(C#N)cc3)S[C@H](CI)C[C@H]12. The highest BCUT2D eigenvalue weighted by atomic mass is 127. The predicted molar refractivity (Wildman–Crippen MR) is 135 cm³/mol. The van der Waals surface area contributed by atoms with Gasteiger partial charge in [-0.15, -0.1) is 0 Å². The van der Waals surface area contributed by atoms with E-state index in [1.54, 1.807) is 23.9 Å². The van der Waals surface area contributed by atoms with E-state index in [0.717, 1.165) is 21.7 Å². The Hall–Kier alpha value is -0.893. The second kappa shape index (κ2) is 8.92. The van der Waals surface area contributed by atoms with Crippen LogP contribution in [0.5, 0.6) is 0 Å². The number of hydrogen-bond donors (Lipinski definition) is 0. The number of amidine groups is 1. The minimum atomic E-state index is -1.95. The zero-order valence-corrected chi connectivity index (χ0v) is 22.5. The first-order chi connectivity index (χ1) is 14.0. The topological polar surface area (TPSA) is 65.7 Å². The average molecular weight is 556 g/mol. The van der Waals surface area contributed by atoms with Gasteiger partial charge in [0.2, 0.25) is 5.91 Å². The van der Waals surface area contributed by atoms with Crippen LogP contribution in [0.15, 0.2) is 29.3 Å². The summed E-state index contributed by atoms with van der Waals surface area (Å²) in [6.07, 6.45) is 0.885.